The third-order valence-corrected chi connectivity index (χ3v) is 4.00. The zero-order valence-corrected chi connectivity index (χ0v) is 13.4. The summed E-state index contributed by atoms with van der Waals surface area (Å²) in [6.45, 7) is 4.02. The number of carbonyl (C=O) groups excluding carboxylic acids is 1. The summed E-state index contributed by atoms with van der Waals surface area (Å²) in [5, 5.41) is 8.89. The first-order chi connectivity index (χ1) is 11.3. The van der Waals surface area contributed by atoms with Gasteiger partial charge >= 0.3 is 11.9 Å². The van der Waals surface area contributed by atoms with Gasteiger partial charge in [0.05, 0.1) is 12.0 Å². The van der Waals surface area contributed by atoms with Gasteiger partial charge < -0.3 is 9.84 Å². The largest absolute Gasteiger partial charge is 0.478 e. The van der Waals surface area contributed by atoms with Crippen LogP contribution in [0.5, 0.6) is 5.75 Å². The van der Waals surface area contributed by atoms with Crippen molar-refractivity contribution < 1.29 is 19.4 Å². The van der Waals surface area contributed by atoms with Crippen molar-refractivity contribution in [1.82, 2.24) is 0 Å². The predicted octanol–water partition coefficient (Wildman–Crippen LogP) is 3.37. The molecule has 2 aromatic carbocycles. The number of carboxylic acids is 1. The molecule has 3 rings (SSSR count). The van der Waals surface area contributed by atoms with Gasteiger partial charge in [0.1, 0.15) is 5.75 Å². The Morgan fingerprint density at radius 1 is 1.08 bits per heavy atom. The first kappa shape index (κ1) is 15.8. The fourth-order valence-electron chi connectivity index (χ4n) is 2.68. The molecular weight excluding hydrogens is 304 g/mol. The fraction of sp³-hybridized carbons (Fsp3) is 0.200. The summed E-state index contributed by atoms with van der Waals surface area (Å²) in [6.07, 6.45) is 0.341. The van der Waals surface area contributed by atoms with Gasteiger partial charge in [0, 0.05) is 22.1 Å². The maximum Gasteiger partial charge on any atom is 0.335 e. The van der Waals surface area contributed by atoms with Gasteiger partial charge in [-0.1, -0.05) is 25.7 Å². The quantitative estimate of drug-likeness (QED) is 0.497. The number of rotatable bonds is 1. The minimum absolute atomic E-state index is 0.218. The second-order valence-electron chi connectivity index (χ2n) is 6.38. The van der Waals surface area contributed by atoms with Gasteiger partial charge in [0.25, 0.3) is 0 Å². The normalized spacial score (nSPS) is 14.8. The molecule has 0 aliphatic carbocycles. The van der Waals surface area contributed by atoms with Crippen LogP contribution in [-0.2, 0) is 10.2 Å². The van der Waals surface area contributed by atoms with Gasteiger partial charge in [-0.05, 0) is 42.5 Å². The van der Waals surface area contributed by atoms with E-state index in [4.69, 9.17) is 9.84 Å². The summed E-state index contributed by atoms with van der Waals surface area (Å²) in [4.78, 5) is 22.5. The minimum atomic E-state index is -0.957. The van der Waals surface area contributed by atoms with E-state index in [-0.39, 0.29) is 16.9 Å². The SMILES string of the molecule is CC1(C)CC(=O)Oc2ccc(C#Cc3ccc(C(=O)O)cc3)cc21. The monoisotopic (exact) mass is 320 g/mol. The molecular formula is C20H16O4. The van der Waals surface area contributed by atoms with Gasteiger partial charge in [0.2, 0.25) is 0 Å². The molecule has 2 aromatic rings. The van der Waals surface area contributed by atoms with E-state index in [0.29, 0.717) is 12.2 Å². The molecule has 4 nitrogen and oxygen atoms in total. The van der Waals surface area contributed by atoms with E-state index in [0.717, 1.165) is 16.7 Å². The highest BCUT2D eigenvalue weighted by atomic mass is 16.5. The van der Waals surface area contributed by atoms with Crippen LogP contribution >= 0.6 is 0 Å². The van der Waals surface area contributed by atoms with Crippen molar-refractivity contribution in [2.24, 2.45) is 0 Å². The van der Waals surface area contributed by atoms with E-state index in [1.807, 2.05) is 26.0 Å². The number of fused-ring (bicyclic) bond motifs is 1. The summed E-state index contributed by atoms with van der Waals surface area (Å²) in [5.41, 5.74) is 2.48. The third-order valence-electron chi connectivity index (χ3n) is 4.00. The van der Waals surface area contributed by atoms with E-state index in [1.165, 1.54) is 12.1 Å². The number of hydrogen-bond donors (Lipinski definition) is 1. The molecule has 0 saturated heterocycles. The Balaban J connectivity index is 1.90. The van der Waals surface area contributed by atoms with Crippen LogP contribution in [-0.4, -0.2) is 17.0 Å². The van der Waals surface area contributed by atoms with Crippen molar-refractivity contribution in [3.8, 4) is 17.6 Å². The van der Waals surface area contributed by atoms with Crippen molar-refractivity contribution in [3.05, 3.63) is 64.7 Å². The first-order valence-electron chi connectivity index (χ1n) is 7.56. The number of hydrogen-bond acceptors (Lipinski definition) is 3. The standard InChI is InChI=1S/C20H16O4/c1-20(2)12-18(21)24-17-10-7-14(11-16(17)20)4-3-13-5-8-15(9-6-13)19(22)23/h5-11H,12H2,1-2H3,(H,22,23). The fourth-order valence-corrected chi connectivity index (χ4v) is 2.68. The zero-order chi connectivity index (χ0) is 17.3. The topological polar surface area (TPSA) is 63.6 Å². The second-order valence-corrected chi connectivity index (χ2v) is 6.38. The lowest BCUT2D eigenvalue weighted by Gasteiger charge is -2.30. The Morgan fingerprint density at radius 3 is 2.38 bits per heavy atom. The highest BCUT2D eigenvalue weighted by molar-refractivity contribution is 5.87. The van der Waals surface area contributed by atoms with Crippen LogP contribution in [0.15, 0.2) is 42.5 Å². The summed E-state index contributed by atoms with van der Waals surface area (Å²) in [6, 6.07) is 11.9. The van der Waals surface area contributed by atoms with Crippen LogP contribution in [0, 0.1) is 11.8 Å². The molecule has 0 bridgehead atoms. The molecule has 0 atom stereocenters. The van der Waals surface area contributed by atoms with E-state index >= 15 is 0 Å². The maximum absolute atomic E-state index is 11.6. The lowest BCUT2D eigenvalue weighted by molar-refractivity contribution is -0.136. The molecule has 0 unspecified atom stereocenters. The molecule has 0 fully saturated rings. The van der Waals surface area contributed by atoms with Crippen molar-refractivity contribution in [1.29, 1.82) is 0 Å². The highest BCUT2D eigenvalue weighted by Crippen LogP contribution is 2.39. The Hall–Kier alpha value is -3.06. The number of esters is 1. The van der Waals surface area contributed by atoms with E-state index < -0.39 is 5.97 Å². The predicted molar refractivity (Wildman–Crippen MR) is 89.1 cm³/mol. The summed E-state index contributed by atoms with van der Waals surface area (Å²) in [5.74, 6) is 5.51. The Kier molecular flexibility index (Phi) is 3.86. The van der Waals surface area contributed by atoms with Crippen molar-refractivity contribution in [2.45, 2.75) is 25.7 Å². The first-order valence-corrected chi connectivity index (χ1v) is 7.56. The van der Waals surface area contributed by atoms with Gasteiger partial charge in [-0.15, -0.1) is 0 Å². The van der Waals surface area contributed by atoms with Gasteiger partial charge in [-0.2, -0.15) is 0 Å². The lowest BCUT2D eigenvalue weighted by atomic mass is 9.79. The van der Waals surface area contributed by atoms with Crippen LogP contribution < -0.4 is 4.74 Å². The molecule has 0 spiro atoms. The molecule has 0 saturated carbocycles. The number of carboxylic acid groups (broad SMARTS) is 1. The Bertz CT molecular complexity index is 880. The molecule has 1 heterocycles. The van der Waals surface area contributed by atoms with Crippen LogP contribution in [0.3, 0.4) is 0 Å². The van der Waals surface area contributed by atoms with Gasteiger partial charge in [-0.3, -0.25) is 4.79 Å². The van der Waals surface area contributed by atoms with Crippen LogP contribution in [0.4, 0.5) is 0 Å². The van der Waals surface area contributed by atoms with Crippen molar-refractivity contribution in [2.75, 3.05) is 0 Å². The van der Waals surface area contributed by atoms with E-state index in [9.17, 15) is 9.59 Å². The average Bonchev–Trinajstić information content (AvgIpc) is 2.52. The molecule has 0 aromatic heterocycles. The smallest absolute Gasteiger partial charge is 0.335 e. The van der Waals surface area contributed by atoms with E-state index in [2.05, 4.69) is 11.8 Å². The number of benzene rings is 2. The Labute approximate surface area is 140 Å². The molecule has 1 aliphatic heterocycles. The van der Waals surface area contributed by atoms with Crippen molar-refractivity contribution >= 4 is 11.9 Å². The lowest BCUT2D eigenvalue weighted by Crippen LogP contribution is -2.30. The summed E-state index contributed by atoms with van der Waals surface area (Å²) < 4.78 is 5.28. The number of aromatic carboxylic acids is 1. The van der Waals surface area contributed by atoms with Crippen LogP contribution in [0.2, 0.25) is 0 Å². The number of ether oxygens (including phenoxy) is 1. The van der Waals surface area contributed by atoms with E-state index in [1.54, 1.807) is 18.2 Å². The van der Waals surface area contributed by atoms with Crippen LogP contribution in [0.1, 0.15) is 47.3 Å². The van der Waals surface area contributed by atoms with Crippen LogP contribution in [0.25, 0.3) is 0 Å². The minimum Gasteiger partial charge on any atom is -0.478 e. The summed E-state index contributed by atoms with van der Waals surface area (Å²) >= 11 is 0. The molecule has 4 heteroatoms. The summed E-state index contributed by atoms with van der Waals surface area (Å²) in [7, 11) is 0. The zero-order valence-electron chi connectivity index (χ0n) is 13.4. The highest BCUT2D eigenvalue weighted by Gasteiger charge is 2.33. The molecule has 1 N–H and O–H groups in total. The number of carbonyl (C=O) groups is 2. The van der Waals surface area contributed by atoms with Crippen molar-refractivity contribution in [3.63, 3.8) is 0 Å². The molecule has 0 radical (unpaired) electrons. The molecule has 1 aliphatic rings. The third kappa shape index (κ3) is 3.16. The van der Waals surface area contributed by atoms with Gasteiger partial charge in [-0.25, -0.2) is 4.79 Å². The molecule has 120 valence electrons. The second kappa shape index (κ2) is 5.86. The molecule has 24 heavy (non-hydrogen) atoms. The molecule has 0 amide bonds. The average molecular weight is 320 g/mol. The Morgan fingerprint density at radius 2 is 1.71 bits per heavy atom. The van der Waals surface area contributed by atoms with Gasteiger partial charge in [0.15, 0.2) is 0 Å². The maximum atomic E-state index is 11.6.